The third-order valence-electron chi connectivity index (χ3n) is 3.74. The van der Waals surface area contributed by atoms with Crippen molar-refractivity contribution in [1.82, 2.24) is 10.2 Å². The van der Waals surface area contributed by atoms with Gasteiger partial charge in [0.05, 0.1) is 5.54 Å². The predicted molar refractivity (Wildman–Crippen MR) is 75.0 cm³/mol. The molecule has 17 heavy (non-hydrogen) atoms. The van der Waals surface area contributed by atoms with E-state index >= 15 is 0 Å². The number of piperidine rings is 1. The van der Waals surface area contributed by atoms with E-state index in [0.29, 0.717) is 6.04 Å². The molecule has 2 unspecified atom stereocenters. The van der Waals surface area contributed by atoms with E-state index in [1.54, 1.807) is 0 Å². The highest BCUT2D eigenvalue weighted by molar-refractivity contribution is 5.08. The van der Waals surface area contributed by atoms with Crippen molar-refractivity contribution in [3.05, 3.63) is 0 Å². The Balaban J connectivity index is 2.46. The zero-order valence-corrected chi connectivity index (χ0v) is 11.9. The Hall–Kier alpha value is -0.520. The molecule has 0 aromatic heterocycles. The van der Waals surface area contributed by atoms with Gasteiger partial charge in [-0.15, -0.1) is 6.42 Å². The monoisotopic (exact) mass is 236 g/mol. The molecule has 0 aliphatic carbocycles. The molecule has 0 aromatic carbocycles. The highest BCUT2D eigenvalue weighted by atomic mass is 15.1. The Kier molecular flexibility index (Phi) is 5.49. The van der Waals surface area contributed by atoms with Crippen molar-refractivity contribution in [1.29, 1.82) is 0 Å². The number of nitrogens with one attached hydrogen (secondary N) is 1. The second-order valence-electron chi connectivity index (χ2n) is 5.91. The normalized spacial score (nSPS) is 24.3. The fourth-order valence-electron chi connectivity index (χ4n) is 2.75. The highest BCUT2D eigenvalue weighted by Gasteiger charge is 2.27. The fraction of sp³-hybridized carbons (Fsp3) is 0.867. The van der Waals surface area contributed by atoms with Gasteiger partial charge >= 0.3 is 0 Å². The molecule has 1 rings (SSSR count). The molecule has 0 spiro atoms. The van der Waals surface area contributed by atoms with Gasteiger partial charge in [0.15, 0.2) is 0 Å². The van der Waals surface area contributed by atoms with Gasteiger partial charge in [0, 0.05) is 12.6 Å². The van der Waals surface area contributed by atoms with Gasteiger partial charge in [-0.05, 0) is 59.0 Å². The first kappa shape index (κ1) is 14.5. The number of rotatable bonds is 5. The first-order valence-corrected chi connectivity index (χ1v) is 6.96. The smallest absolute Gasteiger partial charge is 0.0743 e. The van der Waals surface area contributed by atoms with Crippen LogP contribution in [0.4, 0.5) is 0 Å². The van der Waals surface area contributed by atoms with Crippen LogP contribution in [-0.2, 0) is 0 Å². The van der Waals surface area contributed by atoms with Crippen LogP contribution in [0.15, 0.2) is 0 Å². The van der Waals surface area contributed by atoms with Crippen molar-refractivity contribution in [2.24, 2.45) is 5.92 Å². The summed E-state index contributed by atoms with van der Waals surface area (Å²) in [5, 5.41) is 3.58. The van der Waals surface area contributed by atoms with E-state index in [4.69, 9.17) is 6.42 Å². The van der Waals surface area contributed by atoms with E-state index in [-0.39, 0.29) is 5.54 Å². The molecule has 1 saturated heterocycles. The minimum atomic E-state index is -0.188. The van der Waals surface area contributed by atoms with E-state index in [2.05, 4.69) is 43.8 Å². The van der Waals surface area contributed by atoms with Crippen molar-refractivity contribution in [3.63, 3.8) is 0 Å². The van der Waals surface area contributed by atoms with Crippen LogP contribution in [0, 0.1) is 18.3 Å². The van der Waals surface area contributed by atoms with Gasteiger partial charge in [0.25, 0.3) is 0 Å². The molecule has 0 aromatic rings. The first-order chi connectivity index (χ1) is 7.98. The number of nitrogens with zero attached hydrogens (tertiary/aromatic N) is 1. The molecule has 1 aliphatic heterocycles. The zero-order valence-electron chi connectivity index (χ0n) is 11.9. The number of hydrogen-bond donors (Lipinski definition) is 1. The Bertz CT molecular complexity index is 263. The quantitative estimate of drug-likeness (QED) is 0.738. The minimum Gasteiger partial charge on any atom is -0.303 e. The third kappa shape index (κ3) is 4.69. The molecule has 1 N–H and O–H groups in total. The number of hydrogen-bond acceptors (Lipinski definition) is 2. The summed E-state index contributed by atoms with van der Waals surface area (Å²) >= 11 is 0. The lowest BCUT2D eigenvalue weighted by Gasteiger charge is -2.38. The molecule has 2 heteroatoms. The van der Waals surface area contributed by atoms with Crippen LogP contribution in [0.1, 0.15) is 47.0 Å². The molecular formula is C15H28N2. The lowest BCUT2D eigenvalue weighted by Crippen LogP contribution is -2.51. The Morgan fingerprint density at radius 3 is 2.82 bits per heavy atom. The summed E-state index contributed by atoms with van der Waals surface area (Å²) in [6, 6.07) is 0.501. The average molecular weight is 236 g/mol. The van der Waals surface area contributed by atoms with Gasteiger partial charge in [-0.3, -0.25) is 5.32 Å². The summed E-state index contributed by atoms with van der Waals surface area (Å²) in [5.41, 5.74) is -0.188. The van der Waals surface area contributed by atoms with Crippen LogP contribution in [0.3, 0.4) is 0 Å². The Morgan fingerprint density at radius 1 is 1.53 bits per heavy atom. The molecule has 98 valence electrons. The fourth-order valence-corrected chi connectivity index (χ4v) is 2.75. The van der Waals surface area contributed by atoms with Crippen LogP contribution in [0.5, 0.6) is 0 Å². The third-order valence-corrected chi connectivity index (χ3v) is 3.74. The summed E-state index contributed by atoms with van der Waals surface area (Å²) in [6.45, 7) is 12.4. The van der Waals surface area contributed by atoms with E-state index in [1.807, 2.05) is 0 Å². The summed E-state index contributed by atoms with van der Waals surface area (Å²) in [5.74, 6) is 3.56. The predicted octanol–water partition coefficient (Wildman–Crippen LogP) is 2.50. The number of terminal acetylenes is 1. The molecular weight excluding hydrogens is 208 g/mol. The van der Waals surface area contributed by atoms with Crippen LogP contribution in [0.25, 0.3) is 0 Å². The van der Waals surface area contributed by atoms with E-state index in [1.165, 1.54) is 38.9 Å². The molecule has 1 heterocycles. The van der Waals surface area contributed by atoms with Crippen LogP contribution in [-0.4, -0.2) is 36.1 Å². The lowest BCUT2D eigenvalue weighted by atomic mass is 9.89. The van der Waals surface area contributed by atoms with E-state index in [0.717, 1.165) is 5.92 Å². The molecule has 2 nitrogen and oxygen atoms in total. The summed E-state index contributed by atoms with van der Waals surface area (Å²) in [6.07, 6.45) is 9.45. The van der Waals surface area contributed by atoms with Crippen LogP contribution < -0.4 is 5.32 Å². The highest BCUT2D eigenvalue weighted by Crippen LogP contribution is 2.21. The maximum absolute atomic E-state index is 5.54. The summed E-state index contributed by atoms with van der Waals surface area (Å²) in [4.78, 5) is 2.59. The molecule has 0 amide bonds. The topological polar surface area (TPSA) is 15.3 Å². The maximum atomic E-state index is 5.54. The summed E-state index contributed by atoms with van der Waals surface area (Å²) < 4.78 is 0. The molecule has 0 saturated carbocycles. The van der Waals surface area contributed by atoms with Gasteiger partial charge in [-0.2, -0.15) is 0 Å². The average Bonchev–Trinajstić information content (AvgIpc) is 2.29. The largest absolute Gasteiger partial charge is 0.303 e. The van der Waals surface area contributed by atoms with E-state index < -0.39 is 0 Å². The second kappa shape index (κ2) is 6.42. The van der Waals surface area contributed by atoms with E-state index in [9.17, 15) is 0 Å². The van der Waals surface area contributed by atoms with Gasteiger partial charge in [0.2, 0.25) is 0 Å². The van der Waals surface area contributed by atoms with Crippen molar-refractivity contribution >= 4 is 0 Å². The SMILES string of the molecule is C#CC(C)(C)NC(C)C1CCCN(CCC)C1. The lowest BCUT2D eigenvalue weighted by molar-refractivity contribution is 0.144. The van der Waals surface area contributed by atoms with Crippen molar-refractivity contribution in [2.45, 2.75) is 58.5 Å². The second-order valence-corrected chi connectivity index (χ2v) is 5.91. The summed E-state index contributed by atoms with van der Waals surface area (Å²) in [7, 11) is 0. The van der Waals surface area contributed by atoms with Crippen molar-refractivity contribution < 1.29 is 0 Å². The maximum Gasteiger partial charge on any atom is 0.0743 e. The van der Waals surface area contributed by atoms with Gasteiger partial charge in [0.1, 0.15) is 0 Å². The number of likely N-dealkylation sites (tertiary alicyclic amines) is 1. The van der Waals surface area contributed by atoms with Crippen molar-refractivity contribution in [2.75, 3.05) is 19.6 Å². The van der Waals surface area contributed by atoms with Crippen LogP contribution >= 0.6 is 0 Å². The molecule has 0 radical (unpaired) electrons. The minimum absolute atomic E-state index is 0.188. The zero-order chi connectivity index (χ0) is 12.9. The standard InChI is InChI=1S/C15H28N2/c1-6-10-17-11-8-9-14(12-17)13(3)16-15(4,5)7-2/h2,13-14,16H,6,8-12H2,1,3-5H3. The van der Waals surface area contributed by atoms with Gasteiger partial charge < -0.3 is 4.90 Å². The molecule has 0 bridgehead atoms. The van der Waals surface area contributed by atoms with Crippen molar-refractivity contribution in [3.8, 4) is 12.3 Å². The first-order valence-electron chi connectivity index (χ1n) is 6.96. The molecule has 1 fully saturated rings. The van der Waals surface area contributed by atoms with Gasteiger partial charge in [-0.25, -0.2) is 0 Å². The Labute approximate surface area is 107 Å². The van der Waals surface area contributed by atoms with Gasteiger partial charge in [-0.1, -0.05) is 12.8 Å². The molecule has 2 atom stereocenters. The van der Waals surface area contributed by atoms with Crippen LogP contribution in [0.2, 0.25) is 0 Å². The Morgan fingerprint density at radius 2 is 2.24 bits per heavy atom. The molecule has 1 aliphatic rings.